The highest BCUT2D eigenvalue weighted by atomic mass is 16.5. The lowest BCUT2D eigenvalue weighted by molar-refractivity contribution is -0.140. The van der Waals surface area contributed by atoms with E-state index in [1.807, 2.05) is 30.5 Å². The minimum Gasteiger partial charge on any atom is -0.497 e. The van der Waals surface area contributed by atoms with E-state index in [1.165, 1.54) is 35.8 Å². The van der Waals surface area contributed by atoms with Gasteiger partial charge in [0, 0.05) is 39.9 Å². The highest BCUT2D eigenvalue weighted by molar-refractivity contribution is 6.02. The molecular weight excluding hydrogens is 490 g/mol. The van der Waals surface area contributed by atoms with Gasteiger partial charge >= 0.3 is 12.0 Å². The number of benzene rings is 1. The van der Waals surface area contributed by atoms with E-state index < -0.39 is 30.1 Å². The van der Waals surface area contributed by atoms with Gasteiger partial charge in [0.25, 0.3) is 5.91 Å². The van der Waals surface area contributed by atoms with Crippen molar-refractivity contribution in [2.75, 3.05) is 59.8 Å². The van der Waals surface area contributed by atoms with Crippen LogP contribution in [0, 0.1) is 0 Å². The molecule has 0 spiro atoms. The normalized spacial score (nSPS) is 18.3. The Kier molecular flexibility index (Phi) is 9.61. The molecule has 0 bridgehead atoms. The summed E-state index contributed by atoms with van der Waals surface area (Å²) >= 11 is 0. The van der Waals surface area contributed by atoms with Crippen molar-refractivity contribution in [3.8, 4) is 5.75 Å². The first kappa shape index (κ1) is 28.4. The molecule has 1 N–H and O–H groups in total. The predicted octanol–water partition coefficient (Wildman–Crippen LogP) is 1.29. The van der Waals surface area contributed by atoms with Gasteiger partial charge < -0.3 is 29.4 Å². The van der Waals surface area contributed by atoms with Crippen molar-refractivity contribution in [3.63, 3.8) is 0 Å². The number of aromatic nitrogens is 1. The number of fused-ring (bicyclic) bond motifs is 1. The fourth-order valence-corrected chi connectivity index (χ4v) is 4.08. The molecular formula is C26H35N7O5. The highest BCUT2D eigenvalue weighted by Crippen LogP contribution is 2.24. The number of anilines is 1. The first-order valence-electron chi connectivity index (χ1n) is 12.1. The van der Waals surface area contributed by atoms with Crippen molar-refractivity contribution >= 4 is 30.1 Å². The average molecular weight is 526 g/mol. The number of aliphatic imine (C=N–C) groups is 1. The van der Waals surface area contributed by atoms with Crippen LogP contribution in [0.15, 0.2) is 53.7 Å². The van der Waals surface area contributed by atoms with Crippen molar-refractivity contribution in [2.24, 2.45) is 4.99 Å². The topological polar surface area (TPSA) is 122 Å². The molecule has 4 rings (SSSR count). The Morgan fingerprint density at radius 2 is 1.79 bits per heavy atom. The summed E-state index contributed by atoms with van der Waals surface area (Å²) in [6, 6.07) is 13.0. The summed E-state index contributed by atoms with van der Waals surface area (Å²) in [6.45, 7) is 2.46. The molecule has 1 fully saturated rings. The molecule has 12 nitrogen and oxygen atoms in total. The highest BCUT2D eigenvalue weighted by Gasteiger charge is 2.48. The number of imide groups is 1. The van der Waals surface area contributed by atoms with E-state index in [4.69, 9.17) is 9.84 Å². The van der Waals surface area contributed by atoms with Gasteiger partial charge in [0.2, 0.25) is 0 Å². The van der Waals surface area contributed by atoms with E-state index in [0.717, 1.165) is 36.1 Å². The number of methoxy groups -OCH3 is 1. The van der Waals surface area contributed by atoms with Gasteiger partial charge in [-0.1, -0.05) is 18.2 Å². The molecule has 204 valence electrons. The largest absolute Gasteiger partial charge is 0.497 e. The van der Waals surface area contributed by atoms with Crippen LogP contribution >= 0.6 is 0 Å². The molecule has 2 aliphatic rings. The first-order chi connectivity index (χ1) is 18.1. The molecule has 1 aromatic carbocycles. The number of hydrogen-bond acceptors (Lipinski definition) is 9. The molecule has 3 amide bonds. The van der Waals surface area contributed by atoms with Crippen LogP contribution in [0.25, 0.3) is 0 Å². The van der Waals surface area contributed by atoms with E-state index >= 15 is 0 Å². The van der Waals surface area contributed by atoms with Crippen LogP contribution in [-0.4, -0.2) is 121 Å². The number of carbonyl (C=O) groups is 3. The van der Waals surface area contributed by atoms with E-state index in [2.05, 4.69) is 52.1 Å². The maximum Gasteiger partial charge on any atom is 0.328 e. The van der Waals surface area contributed by atoms with Crippen molar-refractivity contribution in [1.29, 1.82) is 0 Å². The van der Waals surface area contributed by atoms with Crippen LogP contribution in [0.3, 0.4) is 0 Å². The third-order valence-electron chi connectivity index (χ3n) is 6.22. The lowest BCUT2D eigenvalue weighted by atomic mass is 10.1. The van der Waals surface area contributed by atoms with Gasteiger partial charge in [-0.05, 0) is 43.9 Å². The van der Waals surface area contributed by atoms with Gasteiger partial charge in [0.05, 0.1) is 13.4 Å². The van der Waals surface area contributed by atoms with Crippen LogP contribution in [0.5, 0.6) is 5.75 Å². The number of rotatable bonds is 9. The number of carboxylic acids is 1. The number of pyridine rings is 1. The lowest BCUT2D eigenvalue weighted by Crippen LogP contribution is -2.63. The minimum absolute atomic E-state index is 0.313. The van der Waals surface area contributed by atoms with Crippen LogP contribution in [0.2, 0.25) is 0 Å². The average Bonchev–Trinajstić information content (AvgIpc) is 3.32. The van der Waals surface area contributed by atoms with E-state index in [9.17, 15) is 14.4 Å². The van der Waals surface area contributed by atoms with Crippen molar-refractivity contribution < 1.29 is 24.2 Å². The van der Waals surface area contributed by atoms with E-state index in [-0.39, 0.29) is 6.54 Å². The summed E-state index contributed by atoms with van der Waals surface area (Å²) in [5.41, 5.74) is 1.25. The standard InChI is InChI=1S/C17H23N3O.C9H12N4O4/c1-19(2)12-13-20(17-6-4-5-11-18-17)14-15-7-9-16(21-3)10-8-15;1-11-7-6(8(16)12(2)9(11)17)13(4-10-7)3-5(14)15/h4-11H,12-14H2,1-3H3;4,6-7H,3H2,1-2H3,(H,14,15). The molecule has 0 radical (unpaired) electrons. The SMILES string of the molecule is CN1C(=O)C2C(N=CN2CC(=O)O)N(C)C1=O.COc1ccc(CN(CCN(C)C)c2ccccn2)cc1. The third-order valence-corrected chi connectivity index (χ3v) is 6.22. The number of carbonyl (C=O) groups excluding carboxylic acids is 2. The quantitative estimate of drug-likeness (QED) is 0.516. The number of urea groups is 1. The van der Waals surface area contributed by atoms with Gasteiger partial charge in [-0.3, -0.25) is 14.5 Å². The Hall–Kier alpha value is -4.19. The van der Waals surface area contributed by atoms with E-state index in [1.54, 1.807) is 7.11 Å². The number of amides is 3. The van der Waals surface area contributed by atoms with Gasteiger partial charge in [-0.25, -0.2) is 14.8 Å². The molecule has 3 heterocycles. The van der Waals surface area contributed by atoms with Crippen LogP contribution < -0.4 is 9.64 Å². The maximum absolute atomic E-state index is 11.9. The molecule has 2 atom stereocenters. The fourth-order valence-electron chi connectivity index (χ4n) is 4.08. The molecule has 1 aromatic heterocycles. The van der Waals surface area contributed by atoms with Crippen LogP contribution in [0.4, 0.5) is 10.6 Å². The van der Waals surface area contributed by atoms with Crippen molar-refractivity contribution in [3.05, 3.63) is 54.2 Å². The number of nitrogens with zero attached hydrogens (tertiary/aromatic N) is 7. The monoisotopic (exact) mass is 525 g/mol. The van der Waals surface area contributed by atoms with Gasteiger partial charge in [-0.2, -0.15) is 0 Å². The number of hydrogen-bond donors (Lipinski definition) is 1. The van der Waals surface area contributed by atoms with Crippen LogP contribution in [-0.2, 0) is 16.1 Å². The number of likely N-dealkylation sites (N-methyl/N-ethyl adjacent to an activating group) is 3. The Morgan fingerprint density at radius 1 is 1.08 bits per heavy atom. The number of aliphatic carboxylic acids is 1. The van der Waals surface area contributed by atoms with Crippen LogP contribution in [0.1, 0.15) is 5.56 Å². The Labute approximate surface area is 222 Å². The van der Waals surface area contributed by atoms with Gasteiger partial charge in [0.1, 0.15) is 18.1 Å². The summed E-state index contributed by atoms with van der Waals surface area (Å²) in [6.07, 6.45) is 2.52. The van der Waals surface area contributed by atoms with Crippen molar-refractivity contribution in [2.45, 2.75) is 18.8 Å². The Morgan fingerprint density at radius 3 is 2.37 bits per heavy atom. The summed E-state index contributed by atoms with van der Waals surface area (Å²) in [7, 11) is 8.76. The lowest BCUT2D eigenvalue weighted by Gasteiger charge is -2.39. The molecule has 0 aliphatic carbocycles. The zero-order valence-electron chi connectivity index (χ0n) is 22.4. The van der Waals surface area contributed by atoms with Crippen molar-refractivity contribution in [1.82, 2.24) is 24.6 Å². The summed E-state index contributed by atoms with van der Waals surface area (Å²) in [4.78, 5) is 50.8. The Bertz CT molecular complexity index is 1130. The molecule has 38 heavy (non-hydrogen) atoms. The summed E-state index contributed by atoms with van der Waals surface area (Å²) < 4.78 is 5.21. The van der Waals surface area contributed by atoms with Gasteiger partial charge in [-0.15, -0.1) is 0 Å². The first-order valence-corrected chi connectivity index (χ1v) is 12.1. The zero-order valence-corrected chi connectivity index (χ0v) is 22.4. The Balaban J connectivity index is 0.000000215. The molecule has 0 saturated carbocycles. The molecule has 1 saturated heterocycles. The zero-order chi connectivity index (χ0) is 27.8. The molecule has 2 unspecified atom stereocenters. The fraction of sp³-hybridized carbons (Fsp3) is 0.423. The predicted molar refractivity (Wildman–Crippen MR) is 143 cm³/mol. The third kappa shape index (κ3) is 6.97. The number of ether oxygens (including phenoxy) is 1. The minimum atomic E-state index is -1.05. The molecule has 12 heteroatoms. The summed E-state index contributed by atoms with van der Waals surface area (Å²) in [5, 5.41) is 8.73. The smallest absolute Gasteiger partial charge is 0.328 e. The second-order valence-corrected chi connectivity index (χ2v) is 9.24. The maximum atomic E-state index is 11.9. The number of carboxylic acid groups (broad SMARTS) is 1. The molecule has 2 aromatic rings. The molecule has 2 aliphatic heterocycles. The van der Waals surface area contributed by atoms with Gasteiger partial charge in [0.15, 0.2) is 12.2 Å². The summed E-state index contributed by atoms with van der Waals surface area (Å²) in [5.74, 6) is 0.413. The second-order valence-electron chi connectivity index (χ2n) is 9.24. The second kappa shape index (κ2) is 12.9. The van der Waals surface area contributed by atoms with E-state index in [0.29, 0.717) is 0 Å².